The summed E-state index contributed by atoms with van der Waals surface area (Å²) in [6.45, 7) is 1.88. The second-order valence-electron chi connectivity index (χ2n) is 4.34. The number of fused-ring (bicyclic) bond motifs is 1. The fraction of sp³-hybridized carbons (Fsp3) is 0.133. The summed E-state index contributed by atoms with van der Waals surface area (Å²) < 4.78 is 10.4. The fourth-order valence-electron chi connectivity index (χ4n) is 2.26. The molecule has 4 heteroatoms. The molecule has 0 unspecified atom stereocenters. The minimum absolute atomic E-state index is 0.123. The van der Waals surface area contributed by atoms with Crippen LogP contribution in [0.2, 0.25) is 0 Å². The van der Waals surface area contributed by atoms with Crippen molar-refractivity contribution in [3.8, 4) is 5.75 Å². The highest BCUT2D eigenvalue weighted by molar-refractivity contribution is 6.16. The molecule has 4 nitrogen and oxygen atoms in total. The number of benzene rings is 1. The third-order valence-electron chi connectivity index (χ3n) is 3.17. The molecule has 96 valence electrons. The number of nitrogens with one attached hydrogen (secondary N) is 1. The summed E-state index contributed by atoms with van der Waals surface area (Å²) in [4.78, 5) is 15.7. The van der Waals surface area contributed by atoms with E-state index >= 15 is 0 Å². The summed E-state index contributed by atoms with van der Waals surface area (Å²) in [7, 11) is 1.61. The lowest BCUT2D eigenvalue weighted by molar-refractivity contribution is 0.101. The van der Waals surface area contributed by atoms with Gasteiger partial charge >= 0.3 is 0 Å². The van der Waals surface area contributed by atoms with Crippen molar-refractivity contribution in [1.29, 1.82) is 0 Å². The Morgan fingerprint density at radius 2 is 2.16 bits per heavy atom. The molecule has 0 radical (unpaired) electrons. The maximum absolute atomic E-state index is 12.4. The van der Waals surface area contributed by atoms with E-state index in [2.05, 4.69) is 4.98 Å². The van der Waals surface area contributed by atoms with Crippen molar-refractivity contribution in [3.05, 3.63) is 53.6 Å². The van der Waals surface area contributed by atoms with Gasteiger partial charge in [-0.25, -0.2) is 0 Å². The zero-order valence-corrected chi connectivity index (χ0v) is 10.7. The van der Waals surface area contributed by atoms with Gasteiger partial charge in [-0.2, -0.15) is 0 Å². The summed E-state index contributed by atoms with van der Waals surface area (Å²) in [5, 5.41) is 0.846. The highest BCUT2D eigenvalue weighted by Gasteiger charge is 2.20. The maximum Gasteiger partial charge on any atom is 0.230 e. The summed E-state index contributed by atoms with van der Waals surface area (Å²) in [5.41, 5.74) is 2.36. The van der Waals surface area contributed by atoms with E-state index < -0.39 is 0 Å². The van der Waals surface area contributed by atoms with Crippen LogP contribution in [0.1, 0.15) is 21.8 Å². The molecule has 2 aromatic heterocycles. The Morgan fingerprint density at radius 1 is 1.32 bits per heavy atom. The number of hydrogen-bond donors (Lipinski definition) is 1. The monoisotopic (exact) mass is 255 g/mol. The van der Waals surface area contributed by atoms with Crippen molar-refractivity contribution >= 4 is 16.7 Å². The van der Waals surface area contributed by atoms with E-state index in [-0.39, 0.29) is 5.78 Å². The smallest absolute Gasteiger partial charge is 0.230 e. The third-order valence-corrected chi connectivity index (χ3v) is 3.17. The number of rotatable bonds is 3. The summed E-state index contributed by atoms with van der Waals surface area (Å²) >= 11 is 0. The van der Waals surface area contributed by atoms with E-state index in [1.165, 1.54) is 6.26 Å². The molecular formula is C15H13NO3. The van der Waals surface area contributed by atoms with E-state index in [4.69, 9.17) is 9.15 Å². The Labute approximate surface area is 110 Å². The van der Waals surface area contributed by atoms with Gasteiger partial charge in [-0.1, -0.05) is 0 Å². The number of methoxy groups -OCH3 is 1. The number of H-pyrrole nitrogens is 1. The zero-order valence-electron chi connectivity index (χ0n) is 10.7. The molecule has 1 aromatic carbocycles. The van der Waals surface area contributed by atoms with Crippen LogP contribution in [0.3, 0.4) is 0 Å². The van der Waals surface area contributed by atoms with E-state index in [0.29, 0.717) is 11.3 Å². The van der Waals surface area contributed by atoms with Crippen LogP contribution in [0.4, 0.5) is 0 Å². The molecule has 0 aliphatic carbocycles. The van der Waals surface area contributed by atoms with Crippen LogP contribution in [0.25, 0.3) is 10.9 Å². The standard InChI is InChI=1S/C15H13NO3/c1-9-14(15(17)13-4-3-7-19-13)11-8-10(18-2)5-6-12(11)16-9/h3-8,16H,1-2H3. The molecule has 0 aliphatic heterocycles. The molecule has 0 saturated heterocycles. The molecule has 0 fully saturated rings. The Hall–Kier alpha value is -2.49. The van der Waals surface area contributed by atoms with E-state index in [0.717, 1.165) is 22.3 Å². The van der Waals surface area contributed by atoms with Crippen LogP contribution < -0.4 is 4.74 Å². The Kier molecular flexibility index (Phi) is 2.63. The first kappa shape index (κ1) is 11.6. The molecule has 19 heavy (non-hydrogen) atoms. The predicted octanol–water partition coefficient (Wildman–Crippen LogP) is 3.31. The lowest BCUT2D eigenvalue weighted by Gasteiger charge is -2.01. The van der Waals surface area contributed by atoms with Crippen molar-refractivity contribution < 1.29 is 13.9 Å². The number of carbonyl (C=O) groups excluding carboxylic acids is 1. The topological polar surface area (TPSA) is 55.2 Å². The molecule has 0 saturated carbocycles. The number of aryl methyl sites for hydroxylation is 1. The maximum atomic E-state index is 12.4. The van der Waals surface area contributed by atoms with E-state index in [1.807, 2.05) is 25.1 Å². The molecular weight excluding hydrogens is 242 g/mol. The van der Waals surface area contributed by atoms with E-state index in [9.17, 15) is 4.79 Å². The molecule has 0 aliphatic rings. The molecule has 3 rings (SSSR count). The van der Waals surface area contributed by atoms with Crippen LogP contribution >= 0.6 is 0 Å². The molecule has 3 aromatic rings. The van der Waals surface area contributed by atoms with Gasteiger partial charge in [-0.05, 0) is 37.3 Å². The minimum Gasteiger partial charge on any atom is -0.497 e. The zero-order chi connectivity index (χ0) is 13.4. The average molecular weight is 255 g/mol. The number of ketones is 1. The summed E-state index contributed by atoms with van der Waals surface area (Å²) in [6, 6.07) is 8.99. The fourth-order valence-corrected chi connectivity index (χ4v) is 2.26. The SMILES string of the molecule is COc1ccc2[nH]c(C)c(C(=O)c3ccco3)c2c1. The highest BCUT2D eigenvalue weighted by atomic mass is 16.5. The number of carbonyl (C=O) groups is 1. The van der Waals surface area contributed by atoms with Crippen molar-refractivity contribution in [2.45, 2.75) is 6.92 Å². The first-order valence-corrected chi connectivity index (χ1v) is 5.95. The van der Waals surface area contributed by atoms with Gasteiger partial charge in [0, 0.05) is 16.6 Å². The van der Waals surface area contributed by atoms with Gasteiger partial charge in [-0.15, -0.1) is 0 Å². The lowest BCUT2D eigenvalue weighted by atomic mass is 10.0. The second-order valence-corrected chi connectivity index (χ2v) is 4.34. The van der Waals surface area contributed by atoms with Gasteiger partial charge in [0.1, 0.15) is 5.75 Å². The van der Waals surface area contributed by atoms with Crippen molar-refractivity contribution in [1.82, 2.24) is 4.98 Å². The molecule has 0 bridgehead atoms. The molecule has 0 spiro atoms. The Morgan fingerprint density at radius 3 is 2.84 bits per heavy atom. The summed E-state index contributed by atoms with van der Waals surface area (Å²) in [5.74, 6) is 0.939. The van der Waals surface area contributed by atoms with Gasteiger partial charge in [0.05, 0.1) is 18.9 Å². The number of ether oxygens (including phenoxy) is 1. The number of aromatic amines is 1. The van der Waals surface area contributed by atoms with Crippen molar-refractivity contribution in [2.24, 2.45) is 0 Å². The van der Waals surface area contributed by atoms with Crippen molar-refractivity contribution in [3.63, 3.8) is 0 Å². The Balaban J connectivity index is 2.22. The predicted molar refractivity (Wildman–Crippen MR) is 71.7 cm³/mol. The molecule has 0 amide bonds. The van der Waals surface area contributed by atoms with Gasteiger partial charge in [0.15, 0.2) is 5.76 Å². The highest BCUT2D eigenvalue weighted by Crippen LogP contribution is 2.28. The van der Waals surface area contributed by atoms with Crippen LogP contribution in [-0.2, 0) is 0 Å². The quantitative estimate of drug-likeness (QED) is 0.730. The molecule has 1 N–H and O–H groups in total. The normalized spacial score (nSPS) is 10.8. The largest absolute Gasteiger partial charge is 0.497 e. The van der Waals surface area contributed by atoms with Crippen molar-refractivity contribution in [2.75, 3.05) is 7.11 Å². The molecule has 2 heterocycles. The Bertz CT molecular complexity index is 738. The third kappa shape index (κ3) is 1.81. The van der Waals surface area contributed by atoms with Crippen LogP contribution in [0.5, 0.6) is 5.75 Å². The number of furan rings is 1. The average Bonchev–Trinajstić information content (AvgIpc) is 3.03. The summed E-state index contributed by atoms with van der Waals surface area (Å²) in [6.07, 6.45) is 1.50. The first-order chi connectivity index (χ1) is 9.20. The van der Waals surface area contributed by atoms with Crippen LogP contribution in [-0.4, -0.2) is 17.9 Å². The van der Waals surface area contributed by atoms with E-state index in [1.54, 1.807) is 19.2 Å². The molecule has 0 atom stereocenters. The number of hydrogen-bond acceptors (Lipinski definition) is 3. The van der Waals surface area contributed by atoms with Gasteiger partial charge in [0.2, 0.25) is 5.78 Å². The first-order valence-electron chi connectivity index (χ1n) is 5.95. The van der Waals surface area contributed by atoms with Gasteiger partial charge < -0.3 is 14.1 Å². The second kappa shape index (κ2) is 4.31. The number of aromatic nitrogens is 1. The van der Waals surface area contributed by atoms with Crippen LogP contribution in [0.15, 0.2) is 41.0 Å². The minimum atomic E-state index is -0.123. The lowest BCUT2D eigenvalue weighted by Crippen LogP contribution is -2.00. The van der Waals surface area contributed by atoms with Crippen LogP contribution in [0, 0.1) is 6.92 Å². The van der Waals surface area contributed by atoms with Gasteiger partial charge in [0.25, 0.3) is 0 Å². The van der Waals surface area contributed by atoms with Gasteiger partial charge in [-0.3, -0.25) is 4.79 Å².